The average molecular weight is 228 g/mol. The van der Waals surface area contributed by atoms with E-state index in [9.17, 15) is 0 Å². The van der Waals surface area contributed by atoms with Crippen LogP contribution in [0.15, 0.2) is 0 Å². The first-order valence-electron chi connectivity index (χ1n) is 5.64. The standard InChI is InChI=1S/C11H18ClN3/c1-3-9-11(12)15-7-8(6-13-2)4-5-10(15)14-9/h8,13H,3-7H2,1-2H3. The zero-order chi connectivity index (χ0) is 10.8. The third-order valence-corrected chi connectivity index (χ3v) is 3.52. The quantitative estimate of drug-likeness (QED) is 0.855. The molecule has 0 bridgehead atoms. The molecule has 1 N–H and O–H groups in total. The van der Waals surface area contributed by atoms with E-state index in [-0.39, 0.29) is 0 Å². The SMILES string of the molecule is CCc1nc2n(c1Cl)CC(CNC)CC2. The molecule has 1 aromatic heterocycles. The zero-order valence-corrected chi connectivity index (χ0v) is 10.1. The molecule has 0 saturated carbocycles. The molecule has 0 amide bonds. The minimum absolute atomic E-state index is 0.693. The van der Waals surface area contributed by atoms with Crippen LogP contribution in [0.4, 0.5) is 0 Å². The van der Waals surface area contributed by atoms with Crippen LogP contribution < -0.4 is 5.32 Å². The molecule has 1 aliphatic heterocycles. The van der Waals surface area contributed by atoms with Crippen LogP contribution in [0.25, 0.3) is 0 Å². The fourth-order valence-electron chi connectivity index (χ4n) is 2.27. The number of aryl methyl sites for hydroxylation is 2. The molecule has 4 heteroatoms. The van der Waals surface area contributed by atoms with Crippen LogP contribution in [0.1, 0.15) is 24.9 Å². The highest BCUT2D eigenvalue weighted by molar-refractivity contribution is 6.30. The number of hydrogen-bond acceptors (Lipinski definition) is 2. The maximum Gasteiger partial charge on any atom is 0.132 e. The molecule has 0 saturated heterocycles. The van der Waals surface area contributed by atoms with Gasteiger partial charge in [0.05, 0.1) is 5.69 Å². The molecule has 15 heavy (non-hydrogen) atoms. The van der Waals surface area contributed by atoms with Crippen molar-refractivity contribution in [1.82, 2.24) is 14.9 Å². The lowest BCUT2D eigenvalue weighted by atomic mass is 10.00. The van der Waals surface area contributed by atoms with E-state index >= 15 is 0 Å². The third-order valence-electron chi connectivity index (χ3n) is 3.10. The molecule has 1 unspecified atom stereocenters. The molecular weight excluding hydrogens is 210 g/mol. The van der Waals surface area contributed by atoms with Gasteiger partial charge in [0, 0.05) is 13.0 Å². The van der Waals surface area contributed by atoms with Gasteiger partial charge in [-0.2, -0.15) is 0 Å². The molecule has 84 valence electrons. The molecule has 0 spiro atoms. The summed E-state index contributed by atoms with van der Waals surface area (Å²) in [7, 11) is 2.00. The first kappa shape index (κ1) is 11.0. The monoisotopic (exact) mass is 227 g/mol. The lowest BCUT2D eigenvalue weighted by Gasteiger charge is -2.23. The normalized spacial score (nSPS) is 20.3. The molecule has 3 nitrogen and oxygen atoms in total. The van der Waals surface area contributed by atoms with Crippen molar-refractivity contribution >= 4 is 11.6 Å². The summed E-state index contributed by atoms with van der Waals surface area (Å²) in [6.45, 7) is 4.18. The first-order valence-corrected chi connectivity index (χ1v) is 6.02. The minimum atomic E-state index is 0.693. The molecule has 0 aliphatic carbocycles. The Morgan fingerprint density at radius 2 is 2.40 bits per heavy atom. The maximum absolute atomic E-state index is 6.29. The van der Waals surface area contributed by atoms with Crippen LogP contribution in [0.5, 0.6) is 0 Å². The number of hydrogen-bond donors (Lipinski definition) is 1. The van der Waals surface area contributed by atoms with Crippen LogP contribution in [0.2, 0.25) is 5.15 Å². The lowest BCUT2D eigenvalue weighted by Crippen LogP contribution is -2.28. The first-order chi connectivity index (χ1) is 7.26. The van der Waals surface area contributed by atoms with E-state index in [1.54, 1.807) is 0 Å². The Balaban J connectivity index is 2.21. The van der Waals surface area contributed by atoms with Crippen molar-refractivity contribution < 1.29 is 0 Å². The van der Waals surface area contributed by atoms with Crippen LogP contribution in [0, 0.1) is 5.92 Å². The number of nitrogens with zero attached hydrogens (tertiary/aromatic N) is 2. The van der Waals surface area contributed by atoms with Crippen molar-refractivity contribution in [2.75, 3.05) is 13.6 Å². The van der Waals surface area contributed by atoms with Crippen molar-refractivity contribution in [3.63, 3.8) is 0 Å². The Bertz CT molecular complexity index is 346. The smallest absolute Gasteiger partial charge is 0.132 e. The molecule has 2 rings (SSSR count). The molecule has 1 aliphatic rings. The second kappa shape index (κ2) is 4.54. The second-order valence-corrected chi connectivity index (χ2v) is 4.55. The molecule has 2 heterocycles. The summed E-state index contributed by atoms with van der Waals surface area (Å²) in [6.07, 6.45) is 3.21. The van der Waals surface area contributed by atoms with E-state index in [0.717, 1.165) is 36.8 Å². The van der Waals surface area contributed by atoms with Gasteiger partial charge >= 0.3 is 0 Å². The Morgan fingerprint density at radius 1 is 1.60 bits per heavy atom. The van der Waals surface area contributed by atoms with Crippen LogP contribution in [0.3, 0.4) is 0 Å². The summed E-state index contributed by atoms with van der Waals surface area (Å²) >= 11 is 6.29. The average Bonchev–Trinajstić information content (AvgIpc) is 2.56. The summed E-state index contributed by atoms with van der Waals surface area (Å²) in [5.41, 5.74) is 1.05. The van der Waals surface area contributed by atoms with Gasteiger partial charge in [-0.15, -0.1) is 0 Å². The minimum Gasteiger partial charge on any atom is -0.319 e. The fraction of sp³-hybridized carbons (Fsp3) is 0.727. The summed E-state index contributed by atoms with van der Waals surface area (Å²) in [6, 6.07) is 0. The Labute approximate surface area is 95.8 Å². The van der Waals surface area contributed by atoms with Crippen LogP contribution in [-0.4, -0.2) is 23.1 Å². The van der Waals surface area contributed by atoms with E-state index in [4.69, 9.17) is 11.6 Å². The molecule has 0 radical (unpaired) electrons. The highest BCUT2D eigenvalue weighted by atomic mass is 35.5. The van der Waals surface area contributed by atoms with E-state index in [1.807, 2.05) is 7.05 Å². The van der Waals surface area contributed by atoms with Gasteiger partial charge in [-0.3, -0.25) is 0 Å². The molecule has 1 aromatic rings. The molecule has 0 fully saturated rings. The number of halogens is 1. The predicted octanol–water partition coefficient (Wildman–Crippen LogP) is 1.88. The van der Waals surface area contributed by atoms with Gasteiger partial charge in [-0.05, 0) is 32.4 Å². The predicted molar refractivity (Wildman–Crippen MR) is 62.4 cm³/mol. The summed E-state index contributed by atoms with van der Waals surface area (Å²) in [5, 5.41) is 4.09. The van der Waals surface area contributed by atoms with Crippen molar-refractivity contribution in [3.05, 3.63) is 16.7 Å². The van der Waals surface area contributed by atoms with E-state index in [2.05, 4.69) is 21.8 Å². The van der Waals surface area contributed by atoms with Gasteiger partial charge < -0.3 is 9.88 Å². The number of nitrogens with one attached hydrogen (secondary N) is 1. The maximum atomic E-state index is 6.29. The molecule has 0 aromatic carbocycles. The number of fused-ring (bicyclic) bond motifs is 1. The van der Waals surface area contributed by atoms with E-state index in [1.165, 1.54) is 12.2 Å². The van der Waals surface area contributed by atoms with Gasteiger partial charge in [-0.25, -0.2) is 4.98 Å². The van der Waals surface area contributed by atoms with Gasteiger partial charge in [0.2, 0.25) is 0 Å². The zero-order valence-electron chi connectivity index (χ0n) is 9.39. The fourth-order valence-corrected chi connectivity index (χ4v) is 2.61. The number of aromatic nitrogens is 2. The van der Waals surface area contributed by atoms with E-state index in [0.29, 0.717) is 5.92 Å². The Morgan fingerprint density at radius 3 is 3.07 bits per heavy atom. The summed E-state index contributed by atoms with van der Waals surface area (Å²) in [5.74, 6) is 1.86. The van der Waals surface area contributed by atoms with Crippen LogP contribution >= 0.6 is 11.6 Å². The highest BCUT2D eigenvalue weighted by Gasteiger charge is 2.22. The Kier molecular flexibility index (Phi) is 3.32. The Hall–Kier alpha value is -0.540. The van der Waals surface area contributed by atoms with E-state index < -0.39 is 0 Å². The summed E-state index contributed by atoms with van der Waals surface area (Å²) < 4.78 is 2.19. The van der Waals surface area contributed by atoms with Gasteiger partial charge in [-0.1, -0.05) is 18.5 Å². The van der Waals surface area contributed by atoms with Crippen molar-refractivity contribution in [1.29, 1.82) is 0 Å². The number of imidazole rings is 1. The van der Waals surface area contributed by atoms with Crippen molar-refractivity contribution in [2.24, 2.45) is 5.92 Å². The second-order valence-electron chi connectivity index (χ2n) is 4.19. The van der Waals surface area contributed by atoms with Crippen molar-refractivity contribution in [2.45, 2.75) is 32.7 Å². The summed E-state index contributed by atoms with van der Waals surface area (Å²) in [4.78, 5) is 4.57. The largest absolute Gasteiger partial charge is 0.319 e. The highest BCUT2D eigenvalue weighted by Crippen LogP contribution is 2.26. The van der Waals surface area contributed by atoms with Gasteiger partial charge in [0.25, 0.3) is 0 Å². The molecule has 1 atom stereocenters. The number of rotatable bonds is 3. The van der Waals surface area contributed by atoms with Crippen molar-refractivity contribution in [3.8, 4) is 0 Å². The topological polar surface area (TPSA) is 29.9 Å². The molecular formula is C11H18ClN3. The third kappa shape index (κ3) is 2.04. The lowest BCUT2D eigenvalue weighted by molar-refractivity contribution is 0.356. The van der Waals surface area contributed by atoms with Gasteiger partial charge in [0.15, 0.2) is 0 Å². The van der Waals surface area contributed by atoms with Gasteiger partial charge in [0.1, 0.15) is 11.0 Å². The van der Waals surface area contributed by atoms with Crippen LogP contribution in [-0.2, 0) is 19.4 Å².